The zero-order valence-corrected chi connectivity index (χ0v) is 17.5. The van der Waals surface area contributed by atoms with Crippen LogP contribution in [0.5, 0.6) is 0 Å². The molecule has 2 heterocycles. The van der Waals surface area contributed by atoms with Crippen LogP contribution in [0, 0.1) is 11.3 Å². The Bertz CT molecular complexity index is 969. The molecule has 2 unspecified atom stereocenters. The second kappa shape index (κ2) is 8.34. The van der Waals surface area contributed by atoms with E-state index in [2.05, 4.69) is 23.6 Å². The van der Waals surface area contributed by atoms with E-state index < -0.39 is 11.4 Å². The molecule has 5 heteroatoms. The molecule has 3 aliphatic rings. The molecule has 1 spiro atoms. The van der Waals surface area contributed by atoms with E-state index in [9.17, 15) is 9.59 Å². The van der Waals surface area contributed by atoms with Crippen LogP contribution in [0.25, 0.3) is 0 Å². The van der Waals surface area contributed by atoms with Gasteiger partial charge in [0.2, 0.25) is 0 Å². The third-order valence-electron chi connectivity index (χ3n) is 6.08. The number of carbonyl (C=O) groups excluding carboxylic acids is 2. The highest BCUT2D eigenvalue weighted by molar-refractivity contribution is 6.00. The molecule has 2 atom stereocenters. The van der Waals surface area contributed by atoms with Gasteiger partial charge >= 0.3 is 5.97 Å². The van der Waals surface area contributed by atoms with Gasteiger partial charge in [0.15, 0.2) is 5.78 Å². The van der Waals surface area contributed by atoms with E-state index in [1.165, 1.54) is 5.56 Å². The van der Waals surface area contributed by atoms with Crippen molar-refractivity contribution in [2.24, 2.45) is 11.3 Å². The van der Waals surface area contributed by atoms with E-state index in [-0.39, 0.29) is 11.7 Å². The summed E-state index contributed by atoms with van der Waals surface area (Å²) in [6.45, 7) is 5.27. The fraction of sp³-hybridized carbons (Fsp3) is 0.360. The SMILES string of the molecule is CCCc1ccc(C(=O)C2CNC3=CC=CC4=CCNC(C(=O)OCC)=CC432)cc1. The van der Waals surface area contributed by atoms with Gasteiger partial charge in [0, 0.05) is 24.4 Å². The van der Waals surface area contributed by atoms with Crippen molar-refractivity contribution in [3.63, 3.8) is 0 Å². The topological polar surface area (TPSA) is 67.4 Å². The van der Waals surface area contributed by atoms with Crippen molar-refractivity contribution >= 4 is 11.8 Å². The third-order valence-corrected chi connectivity index (χ3v) is 6.08. The van der Waals surface area contributed by atoms with E-state index in [1.54, 1.807) is 6.92 Å². The number of allylic oxidation sites excluding steroid dienone is 4. The zero-order chi connectivity index (χ0) is 21.1. The summed E-state index contributed by atoms with van der Waals surface area (Å²) >= 11 is 0. The van der Waals surface area contributed by atoms with Crippen molar-refractivity contribution in [3.05, 3.63) is 82.7 Å². The van der Waals surface area contributed by atoms with E-state index in [0.29, 0.717) is 31.0 Å². The summed E-state index contributed by atoms with van der Waals surface area (Å²) in [6, 6.07) is 7.94. The minimum Gasteiger partial charge on any atom is -0.461 e. The molecule has 156 valence electrons. The number of ether oxygens (including phenoxy) is 1. The summed E-state index contributed by atoms with van der Waals surface area (Å²) in [7, 11) is 0. The third kappa shape index (κ3) is 3.38. The van der Waals surface area contributed by atoms with Crippen LogP contribution in [-0.4, -0.2) is 31.4 Å². The second-order valence-corrected chi connectivity index (χ2v) is 7.87. The number of Topliss-reactive ketones (excluding diaryl/α,β-unsaturated/α-hetero) is 1. The van der Waals surface area contributed by atoms with Gasteiger partial charge in [0.1, 0.15) is 5.70 Å². The molecule has 0 amide bonds. The van der Waals surface area contributed by atoms with Crippen LogP contribution >= 0.6 is 0 Å². The lowest BCUT2D eigenvalue weighted by Crippen LogP contribution is -2.35. The standard InChI is InChI=1S/C25H28N2O3/c1-3-6-17-9-11-18(12-10-17)23(28)20-16-27-22-8-5-7-19-13-14-26-21(15-25(19,20)22)24(29)30-4-2/h5,7-13,15,20,26-27H,3-4,6,14,16H2,1-2H3. The Kier molecular flexibility index (Phi) is 5.62. The van der Waals surface area contributed by atoms with Crippen molar-refractivity contribution in [1.82, 2.24) is 10.6 Å². The molecule has 1 saturated heterocycles. The lowest BCUT2D eigenvalue weighted by Gasteiger charge is -2.35. The number of ketones is 1. The highest BCUT2D eigenvalue weighted by Gasteiger charge is 2.52. The first-order valence-electron chi connectivity index (χ1n) is 10.7. The summed E-state index contributed by atoms with van der Waals surface area (Å²) in [6.07, 6.45) is 12.1. The second-order valence-electron chi connectivity index (χ2n) is 7.87. The maximum atomic E-state index is 13.7. The van der Waals surface area contributed by atoms with E-state index >= 15 is 0 Å². The Hall–Kier alpha value is -3.08. The number of benzene rings is 1. The van der Waals surface area contributed by atoms with Crippen molar-refractivity contribution in [3.8, 4) is 0 Å². The molecule has 0 bridgehead atoms. The molecule has 0 radical (unpaired) electrons. The van der Waals surface area contributed by atoms with Gasteiger partial charge < -0.3 is 15.4 Å². The summed E-state index contributed by atoms with van der Waals surface area (Å²) in [5, 5.41) is 6.58. The lowest BCUT2D eigenvalue weighted by atomic mass is 9.65. The number of nitrogens with one attached hydrogen (secondary N) is 2. The molecular weight excluding hydrogens is 376 g/mol. The smallest absolute Gasteiger partial charge is 0.354 e. The molecule has 5 nitrogen and oxygen atoms in total. The zero-order valence-electron chi connectivity index (χ0n) is 17.5. The minimum absolute atomic E-state index is 0.0801. The Labute approximate surface area is 177 Å². The minimum atomic E-state index is -0.695. The van der Waals surface area contributed by atoms with E-state index in [0.717, 1.165) is 24.1 Å². The molecule has 1 aliphatic carbocycles. The van der Waals surface area contributed by atoms with E-state index in [4.69, 9.17) is 4.74 Å². The fourth-order valence-electron chi connectivity index (χ4n) is 4.66. The van der Waals surface area contributed by atoms with Crippen LogP contribution in [0.3, 0.4) is 0 Å². The largest absolute Gasteiger partial charge is 0.461 e. The molecular formula is C25H28N2O3. The Morgan fingerprint density at radius 1 is 1.17 bits per heavy atom. The normalized spacial score (nSPS) is 24.2. The van der Waals surface area contributed by atoms with Crippen LogP contribution in [0.2, 0.25) is 0 Å². The molecule has 4 rings (SSSR count). The molecule has 2 aliphatic heterocycles. The first kappa shape index (κ1) is 20.2. The number of carbonyl (C=O) groups is 2. The lowest BCUT2D eigenvalue weighted by molar-refractivity contribution is -0.139. The fourth-order valence-corrected chi connectivity index (χ4v) is 4.66. The van der Waals surface area contributed by atoms with Crippen LogP contribution < -0.4 is 10.6 Å². The number of aryl methyl sites for hydroxylation is 1. The monoisotopic (exact) mass is 404 g/mol. The van der Waals surface area contributed by atoms with Gasteiger partial charge in [-0.05, 0) is 36.6 Å². The molecule has 1 aromatic carbocycles. The van der Waals surface area contributed by atoms with E-state index in [1.807, 2.05) is 48.6 Å². The molecule has 0 aromatic heterocycles. The number of esters is 1. The maximum Gasteiger partial charge on any atom is 0.354 e. The number of hydrogen-bond donors (Lipinski definition) is 2. The molecule has 1 aromatic rings. The first-order chi connectivity index (χ1) is 14.6. The summed E-state index contributed by atoms with van der Waals surface area (Å²) in [5.41, 5.74) is 3.63. The molecule has 2 N–H and O–H groups in total. The van der Waals surface area contributed by atoms with Gasteiger partial charge in [-0.3, -0.25) is 4.79 Å². The quantitative estimate of drug-likeness (QED) is 0.561. The molecule has 1 fully saturated rings. The van der Waals surface area contributed by atoms with Gasteiger partial charge in [-0.25, -0.2) is 4.79 Å². The highest BCUT2D eigenvalue weighted by atomic mass is 16.5. The Balaban J connectivity index is 1.76. The van der Waals surface area contributed by atoms with Crippen molar-refractivity contribution in [1.29, 1.82) is 0 Å². The predicted octanol–water partition coefficient (Wildman–Crippen LogP) is 3.46. The van der Waals surface area contributed by atoms with Gasteiger partial charge in [-0.2, -0.15) is 0 Å². The van der Waals surface area contributed by atoms with Crippen LogP contribution in [0.1, 0.15) is 36.2 Å². The molecule has 0 saturated carbocycles. The average Bonchev–Trinajstić information content (AvgIpc) is 3.00. The summed E-state index contributed by atoms with van der Waals surface area (Å²) in [5.74, 6) is -0.657. The van der Waals surface area contributed by atoms with Gasteiger partial charge in [0.05, 0.1) is 17.9 Å². The first-order valence-corrected chi connectivity index (χ1v) is 10.7. The van der Waals surface area contributed by atoms with Crippen molar-refractivity contribution in [2.75, 3.05) is 19.7 Å². The summed E-state index contributed by atoms with van der Waals surface area (Å²) < 4.78 is 5.24. The predicted molar refractivity (Wildman–Crippen MR) is 117 cm³/mol. The average molecular weight is 405 g/mol. The van der Waals surface area contributed by atoms with Gasteiger partial charge in [-0.1, -0.05) is 55.8 Å². The highest BCUT2D eigenvalue weighted by Crippen LogP contribution is 2.51. The van der Waals surface area contributed by atoms with Crippen molar-refractivity contribution in [2.45, 2.75) is 26.7 Å². The molecule has 30 heavy (non-hydrogen) atoms. The Morgan fingerprint density at radius 3 is 2.70 bits per heavy atom. The van der Waals surface area contributed by atoms with Crippen molar-refractivity contribution < 1.29 is 14.3 Å². The van der Waals surface area contributed by atoms with Crippen LogP contribution in [-0.2, 0) is 16.0 Å². The van der Waals surface area contributed by atoms with Crippen LogP contribution in [0.15, 0.2) is 71.6 Å². The van der Waals surface area contributed by atoms with Gasteiger partial charge in [-0.15, -0.1) is 0 Å². The van der Waals surface area contributed by atoms with Crippen LogP contribution in [0.4, 0.5) is 0 Å². The maximum absolute atomic E-state index is 13.7. The van der Waals surface area contributed by atoms with Gasteiger partial charge in [0.25, 0.3) is 0 Å². The number of hydrogen-bond acceptors (Lipinski definition) is 5. The Morgan fingerprint density at radius 2 is 1.97 bits per heavy atom. The number of rotatable bonds is 6. The summed E-state index contributed by atoms with van der Waals surface area (Å²) in [4.78, 5) is 26.2.